The SMILES string of the molecule is Nc1nc2cc(Br)c(F)cc2n1C1CCOC1C1CC1. The number of halogens is 2. The van der Waals surface area contributed by atoms with Crippen molar-refractivity contribution >= 4 is 32.9 Å². The van der Waals surface area contributed by atoms with Gasteiger partial charge in [0, 0.05) is 12.7 Å². The van der Waals surface area contributed by atoms with E-state index in [9.17, 15) is 4.39 Å². The molecule has 4 nitrogen and oxygen atoms in total. The second-order valence-corrected chi connectivity index (χ2v) is 6.48. The number of nitrogens with zero attached hydrogens (tertiary/aromatic N) is 2. The largest absolute Gasteiger partial charge is 0.376 e. The minimum atomic E-state index is -0.291. The van der Waals surface area contributed by atoms with Gasteiger partial charge in [0.25, 0.3) is 0 Å². The van der Waals surface area contributed by atoms with Crippen molar-refractivity contribution in [2.75, 3.05) is 12.3 Å². The van der Waals surface area contributed by atoms with Gasteiger partial charge in [-0.05, 0) is 47.2 Å². The lowest BCUT2D eigenvalue weighted by molar-refractivity contribution is 0.0762. The molecular weight excluding hydrogens is 325 g/mol. The van der Waals surface area contributed by atoms with E-state index < -0.39 is 0 Å². The number of benzene rings is 1. The molecule has 2 aliphatic rings. The number of nitrogen functional groups attached to an aromatic ring is 1. The van der Waals surface area contributed by atoms with Gasteiger partial charge in [0.15, 0.2) is 0 Å². The molecule has 0 radical (unpaired) electrons. The Morgan fingerprint density at radius 2 is 2.15 bits per heavy atom. The molecule has 0 spiro atoms. The van der Waals surface area contributed by atoms with E-state index in [-0.39, 0.29) is 18.0 Å². The molecule has 2 fully saturated rings. The number of anilines is 1. The molecule has 1 saturated carbocycles. The van der Waals surface area contributed by atoms with Crippen molar-refractivity contribution in [1.82, 2.24) is 9.55 Å². The molecule has 2 unspecified atom stereocenters. The first kappa shape index (κ1) is 12.6. The molecular formula is C14H15BrFN3O. The lowest BCUT2D eigenvalue weighted by Gasteiger charge is -2.21. The zero-order valence-electron chi connectivity index (χ0n) is 10.9. The summed E-state index contributed by atoms with van der Waals surface area (Å²) in [4.78, 5) is 4.36. The van der Waals surface area contributed by atoms with Crippen LogP contribution >= 0.6 is 15.9 Å². The predicted octanol–water partition coefficient (Wildman–Crippen LogP) is 3.26. The van der Waals surface area contributed by atoms with Crippen molar-refractivity contribution in [1.29, 1.82) is 0 Å². The molecule has 4 rings (SSSR count). The summed E-state index contributed by atoms with van der Waals surface area (Å²) in [6, 6.07) is 3.36. The van der Waals surface area contributed by atoms with Crippen LogP contribution in [0.3, 0.4) is 0 Å². The van der Waals surface area contributed by atoms with Gasteiger partial charge in [-0.1, -0.05) is 0 Å². The number of rotatable bonds is 2. The van der Waals surface area contributed by atoms with Crippen molar-refractivity contribution in [3.63, 3.8) is 0 Å². The quantitative estimate of drug-likeness (QED) is 0.913. The number of hydrogen-bond donors (Lipinski definition) is 1. The first-order chi connectivity index (χ1) is 9.65. The Balaban J connectivity index is 1.86. The van der Waals surface area contributed by atoms with Gasteiger partial charge in [-0.2, -0.15) is 0 Å². The maximum atomic E-state index is 13.8. The second kappa shape index (κ2) is 4.43. The second-order valence-electron chi connectivity index (χ2n) is 5.62. The van der Waals surface area contributed by atoms with Crippen molar-refractivity contribution in [3.05, 3.63) is 22.4 Å². The number of ether oxygens (including phenoxy) is 1. The average Bonchev–Trinajstić information content (AvgIpc) is 3.06. The van der Waals surface area contributed by atoms with E-state index in [1.165, 1.54) is 18.9 Å². The van der Waals surface area contributed by atoms with E-state index in [4.69, 9.17) is 10.5 Å². The molecule has 2 N–H and O–H groups in total. The van der Waals surface area contributed by atoms with Crippen LogP contribution in [0.15, 0.2) is 16.6 Å². The predicted molar refractivity (Wildman–Crippen MR) is 77.9 cm³/mol. The number of nitrogens with two attached hydrogens (primary N) is 1. The third kappa shape index (κ3) is 1.85. The number of aromatic nitrogens is 2. The highest BCUT2D eigenvalue weighted by molar-refractivity contribution is 9.10. The van der Waals surface area contributed by atoms with Gasteiger partial charge in [-0.25, -0.2) is 9.37 Å². The molecule has 0 bridgehead atoms. The molecule has 1 aliphatic heterocycles. The Bertz CT molecular complexity index is 683. The summed E-state index contributed by atoms with van der Waals surface area (Å²) in [6.07, 6.45) is 3.54. The third-order valence-electron chi connectivity index (χ3n) is 4.28. The Kier molecular flexibility index (Phi) is 2.79. The number of hydrogen-bond acceptors (Lipinski definition) is 3. The molecule has 2 aromatic rings. The fraction of sp³-hybridized carbons (Fsp3) is 0.500. The summed E-state index contributed by atoms with van der Waals surface area (Å²) in [5, 5.41) is 0. The Hall–Kier alpha value is -1.14. The van der Waals surface area contributed by atoms with Gasteiger partial charge in [0.1, 0.15) is 5.82 Å². The molecule has 20 heavy (non-hydrogen) atoms. The fourth-order valence-electron chi connectivity index (χ4n) is 3.21. The van der Waals surface area contributed by atoms with Crippen LogP contribution in [0.25, 0.3) is 11.0 Å². The van der Waals surface area contributed by atoms with Crippen LogP contribution in [0, 0.1) is 11.7 Å². The fourth-order valence-corrected chi connectivity index (χ4v) is 3.54. The van der Waals surface area contributed by atoms with E-state index in [1.54, 1.807) is 6.07 Å². The lowest BCUT2D eigenvalue weighted by atomic mass is 10.1. The Morgan fingerprint density at radius 3 is 2.90 bits per heavy atom. The first-order valence-electron chi connectivity index (χ1n) is 6.89. The maximum absolute atomic E-state index is 13.8. The normalized spacial score (nSPS) is 26.5. The Morgan fingerprint density at radius 1 is 1.35 bits per heavy atom. The smallest absolute Gasteiger partial charge is 0.201 e. The highest BCUT2D eigenvalue weighted by Gasteiger charge is 2.42. The molecule has 1 aromatic heterocycles. The molecule has 0 amide bonds. The summed E-state index contributed by atoms with van der Waals surface area (Å²) in [7, 11) is 0. The standard InChI is InChI=1S/C14H15BrFN3O/c15-8-5-10-12(6-9(8)16)19(14(17)18-10)11-3-4-20-13(11)7-1-2-7/h5-7,11,13H,1-4H2,(H2,17,18). The highest BCUT2D eigenvalue weighted by atomic mass is 79.9. The summed E-state index contributed by atoms with van der Waals surface area (Å²) in [6.45, 7) is 0.740. The van der Waals surface area contributed by atoms with Crippen molar-refractivity contribution in [2.45, 2.75) is 31.4 Å². The molecule has 1 saturated heterocycles. The summed E-state index contributed by atoms with van der Waals surface area (Å²) in [5.41, 5.74) is 7.55. The van der Waals surface area contributed by atoms with Crippen molar-refractivity contribution in [2.24, 2.45) is 5.92 Å². The minimum absolute atomic E-state index is 0.174. The average molecular weight is 340 g/mol. The van der Waals surface area contributed by atoms with E-state index in [2.05, 4.69) is 20.9 Å². The van der Waals surface area contributed by atoms with Crippen molar-refractivity contribution in [3.8, 4) is 0 Å². The minimum Gasteiger partial charge on any atom is -0.376 e. The van der Waals surface area contributed by atoms with Gasteiger partial charge in [-0.3, -0.25) is 0 Å². The van der Waals surface area contributed by atoms with Gasteiger partial charge in [0.2, 0.25) is 5.95 Å². The zero-order valence-corrected chi connectivity index (χ0v) is 12.4. The van der Waals surface area contributed by atoms with Crippen LogP contribution in [0.1, 0.15) is 25.3 Å². The van der Waals surface area contributed by atoms with E-state index in [1.807, 2.05) is 4.57 Å². The summed E-state index contributed by atoms with van der Waals surface area (Å²) >= 11 is 3.19. The van der Waals surface area contributed by atoms with E-state index >= 15 is 0 Å². The monoisotopic (exact) mass is 339 g/mol. The van der Waals surface area contributed by atoms with Crippen molar-refractivity contribution < 1.29 is 9.13 Å². The van der Waals surface area contributed by atoms with Crippen LogP contribution in [-0.4, -0.2) is 22.3 Å². The van der Waals surface area contributed by atoms with Crippen LogP contribution in [0.5, 0.6) is 0 Å². The van der Waals surface area contributed by atoms with E-state index in [0.717, 1.165) is 24.1 Å². The third-order valence-corrected chi connectivity index (χ3v) is 4.89. The summed E-state index contributed by atoms with van der Waals surface area (Å²) in [5.74, 6) is 0.777. The maximum Gasteiger partial charge on any atom is 0.201 e. The van der Waals surface area contributed by atoms with Crippen LogP contribution < -0.4 is 5.73 Å². The Labute approximate surface area is 124 Å². The molecule has 2 atom stereocenters. The van der Waals surface area contributed by atoms with Gasteiger partial charge < -0.3 is 15.0 Å². The zero-order chi connectivity index (χ0) is 13.9. The topological polar surface area (TPSA) is 53.1 Å². The van der Waals surface area contributed by atoms with Gasteiger partial charge in [0.05, 0.1) is 27.7 Å². The lowest BCUT2D eigenvalue weighted by Crippen LogP contribution is -2.23. The van der Waals surface area contributed by atoms with E-state index in [0.29, 0.717) is 16.3 Å². The van der Waals surface area contributed by atoms with Crippen LogP contribution in [0.2, 0.25) is 0 Å². The van der Waals surface area contributed by atoms with Crippen LogP contribution in [0.4, 0.5) is 10.3 Å². The first-order valence-corrected chi connectivity index (χ1v) is 7.68. The van der Waals surface area contributed by atoms with Gasteiger partial charge in [-0.15, -0.1) is 0 Å². The highest BCUT2D eigenvalue weighted by Crippen LogP contribution is 2.45. The molecule has 1 aliphatic carbocycles. The number of imidazole rings is 1. The molecule has 6 heteroatoms. The van der Waals surface area contributed by atoms with Gasteiger partial charge >= 0.3 is 0 Å². The molecule has 2 heterocycles. The summed E-state index contributed by atoms with van der Waals surface area (Å²) < 4.78 is 22.1. The van der Waals surface area contributed by atoms with Crippen LogP contribution in [-0.2, 0) is 4.74 Å². The molecule has 1 aromatic carbocycles. The number of fused-ring (bicyclic) bond motifs is 1. The molecule has 106 valence electrons.